The molecule has 0 fully saturated rings. The molecule has 4 rings (SSSR count). The summed E-state index contributed by atoms with van der Waals surface area (Å²) >= 11 is 1.07. The first kappa shape index (κ1) is 23.8. The largest absolute Gasteiger partial charge is 0.435 e. The number of aromatic nitrogens is 3. The smallest absolute Gasteiger partial charge is 0.366 e. The van der Waals surface area contributed by atoms with E-state index in [1.54, 1.807) is 6.07 Å². The molecule has 4 aromatic rings. The van der Waals surface area contributed by atoms with Crippen molar-refractivity contribution in [1.29, 1.82) is 5.26 Å². The number of hydrogen-bond acceptors (Lipinski definition) is 6. The van der Waals surface area contributed by atoms with Crippen molar-refractivity contribution in [3.63, 3.8) is 0 Å². The molecule has 0 saturated heterocycles. The van der Waals surface area contributed by atoms with E-state index in [4.69, 9.17) is 16.7 Å². The Morgan fingerprint density at radius 1 is 1.14 bits per heavy atom. The third-order valence-electron chi connectivity index (χ3n) is 5.23. The van der Waals surface area contributed by atoms with Gasteiger partial charge in [-0.1, -0.05) is 0 Å². The fourth-order valence-corrected chi connectivity index (χ4v) is 4.57. The highest BCUT2D eigenvalue weighted by molar-refractivity contribution is 7.12. The quantitative estimate of drug-likeness (QED) is 0.400. The van der Waals surface area contributed by atoms with Crippen LogP contribution < -0.4 is 11.5 Å². The Balaban J connectivity index is 2.09. The van der Waals surface area contributed by atoms with E-state index in [0.29, 0.717) is 9.75 Å². The van der Waals surface area contributed by atoms with Gasteiger partial charge in [0.1, 0.15) is 22.5 Å². The highest BCUT2D eigenvalue weighted by Crippen LogP contribution is 2.42. The van der Waals surface area contributed by atoms with E-state index in [1.165, 1.54) is 13.0 Å². The average Bonchev–Trinajstić information content (AvgIpc) is 3.36. The van der Waals surface area contributed by atoms with Gasteiger partial charge in [-0.25, -0.2) is 9.37 Å². The van der Waals surface area contributed by atoms with Crippen LogP contribution in [0.15, 0.2) is 30.3 Å². The molecule has 3 heterocycles. The molecule has 1 aromatic carbocycles. The van der Waals surface area contributed by atoms with Gasteiger partial charge in [-0.05, 0) is 31.2 Å². The molecule has 0 atom stereocenters. The molecular formula is C22H14F4N6O2S. The van der Waals surface area contributed by atoms with Crippen LogP contribution in [0.1, 0.15) is 42.0 Å². The van der Waals surface area contributed by atoms with Gasteiger partial charge < -0.3 is 11.5 Å². The highest BCUT2D eigenvalue weighted by atomic mass is 32.1. The Morgan fingerprint density at radius 3 is 2.43 bits per heavy atom. The van der Waals surface area contributed by atoms with E-state index >= 15 is 0 Å². The fraction of sp³-hybridized carbons (Fsp3) is 0.136. The summed E-state index contributed by atoms with van der Waals surface area (Å²) in [6.45, 7) is 1.20. The number of alkyl halides is 3. The van der Waals surface area contributed by atoms with Crippen LogP contribution in [0.2, 0.25) is 0 Å². The number of carbonyl (C=O) groups excluding carboxylic acids is 2. The summed E-state index contributed by atoms with van der Waals surface area (Å²) in [5.41, 5.74) is 7.03. The Hall–Kier alpha value is -4.31. The van der Waals surface area contributed by atoms with Crippen LogP contribution in [0.4, 0.5) is 17.6 Å². The summed E-state index contributed by atoms with van der Waals surface area (Å²) in [6.07, 6.45) is -5.00. The number of amides is 2. The van der Waals surface area contributed by atoms with Gasteiger partial charge in [0.2, 0.25) is 5.91 Å². The third kappa shape index (κ3) is 4.19. The highest BCUT2D eigenvalue weighted by Gasteiger charge is 2.41. The number of carbonyl (C=O) groups is 2. The van der Waals surface area contributed by atoms with Gasteiger partial charge in [-0.2, -0.15) is 23.5 Å². The van der Waals surface area contributed by atoms with E-state index in [2.05, 4.69) is 10.1 Å². The molecule has 2 amide bonds. The zero-order valence-electron chi connectivity index (χ0n) is 17.8. The lowest BCUT2D eigenvalue weighted by Crippen LogP contribution is -2.21. The lowest BCUT2D eigenvalue weighted by molar-refractivity contribution is -0.141. The molecule has 0 unspecified atom stereocenters. The van der Waals surface area contributed by atoms with Gasteiger partial charge in [0, 0.05) is 33.2 Å². The minimum atomic E-state index is -5.00. The molecule has 178 valence electrons. The minimum absolute atomic E-state index is 0.0579. The first-order valence-corrected chi connectivity index (χ1v) is 10.6. The standard InChI is InChI=1S/C22H14F4N6O2S/c1-9-15(19(22(24,25)26)31-32(9)8-12-4-3-11(7-27)35-12)17-16(20(28)33)13-5-2-10(23)6-14(13)30-18(17)21(29)34/h2-6H,8H2,1H3,(H2,28,33)(H2,29,34). The summed E-state index contributed by atoms with van der Waals surface area (Å²) in [5, 5.41) is 12.7. The van der Waals surface area contributed by atoms with Gasteiger partial charge in [0.25, 0.3) is 5.91 Å². The number of nitrogens with zero attached hydrogens (tertiary/aromatic N) is 4. The van der Waals surface area contributed by atoms with E-state index < -0.39 is 51.9 Å². The van der Waals surface area contributed by atoms with Crippen LogP contribution in [0, 0.1) is 24.1 Å². The van der Waals surface area contributed by atoms with Gasteiger partial charge >= 0.3 is 6.18 Å². The van der Waals surface area contributed by atoms with Crippen LogP contribution in [0.3, 0.4) is 0 Å². The number of hydrogen-bond donors (Lipinski definition) is 2. The number of thiophene rings is 1. The minimum Gasteiger partial charge on any atom is -0.366 e. The molecular weight excluding hydrogens is 488 g/mol. The van der Waals surface area contributed by atoms with Crippen LogP contribution >= 0.6 is 11.3 Å². The van der Waals surface area contributed by atoms with Crippen molar-refractivity contribution in [2.45, 2.75) is 19.6 Å². The lowest BCUT2D eigenvalue weighted by atomic mass is 9.92. The number of fused-ring (bicyclic) bond motifs is 1. The van der Waals surface area contributed by atoms with E-state index in [9.17, 15) is 27.2 Å². The topological polar surface area (TPSA) is 141 Å². The summed E-state index contributed by atoms with van der Waals surface area (Å²) in [6, 6.07) is 8.06. The molecule has 13 heteroatoms. The third-order valence-corrected chi connectivity index (χ3v) is 6.21. The molecule has 0 spiro atoms. The molecule has 8 nitrogen and oxygen atoms in total. The van der Waals surface area contributed by atoms with Crippen molar-refractivity contribution in [1.82, 2.24) is 14.8 Å². The molecule has 0 aliphatic heterocycles. The molecule has 3 aromatic heterocycles. The van der Waals surface area contributed by atoms with Crippen molar-refractivity contribution in [2.75, 3.05) is 0 Å². The molecule has 4 N–H and O–H groups in total. The van der Waals surface area contributed by atoms with Crippen LogP contribution in [0.5, 0.6) is 0 Å². The van der Waals surface area contributed by atoms with Crippen molar-refractivity contribution in [3.8, 4) is 17.2 Å². The van der Waals surface area contributed by atoms with Crippen LogP contribution in [-0.2, 0) is 12.7 Å². The Kier molecular flexibility index (Phi) is 5.77. The second kappa shape index (κ2) is 8.48. The number of nitrogens with two attached hydrogens (primary N) is 2. The Morgan fingerprint density at radius 2 is 1.86 bits per heavy atom. The second-order valence-electron chi connectivity index (χ2n) is 7.44. The molecule has 0 saturated carbocycles. The predicted molar refractivity (Wildman–Crippen MR) is 118 cm³/mol. The summed E-state index contributed by atoms with van der Waals surface area (Å²) < 4.78 is 57.2. The summed E-state index contributed by atoms with van der Waals surface area (Å²) in [5.74, 6) is -3.17. The number of rotatable bonds is 5. The molecule has 0 radical (unpaired) electrons. The number of nitriles is 1. The molecule has 35 heavy (non-hydrogen) atoms. The first-order chi connectivity index (χ1) is 16.4. The zero-order chi connectivity index (χ0) is 25.7. The maximum atomic E-state index is 14.1. The Bertz CT molecular complexity index is 1560. The van der Waals surface area contributed by atoms with Crippen molar-refractivity contribution >= 4 is 34.1 Å². The SMILES string of the molecule is Cc1c(-c2c(C(N)=O)nc3cc(F)ccc3c2C(N)=O)c(C(F)(F)F)nn1Cc1ccc(C#N)s1. The van der Waals surface area contributed by atoms with Gasteiger partial charge in [-0.15, -0.1) is 11.3 Å². The van der Waals surface area contributed by atoms with Gasteiger partial charge in [0.15, 0.2) is 5.69 Å². The molecule has 0 aliphatic rings. The number of pyridine rings is 1. The van der Waals surface area contributed by atoms with Crippen LogP contribution in [-0.4, -0.2) is 26.6 Å². The monoisotopic (exact) mass is 502 g/mol. The summed E-state index contributed by atoms with van der Waals surface area (Å²) in [7, 11) is 0. The van der Waals surface area contributed by atoms with Crippen molar-refractivity contribution in [3.05, 3.63) is 68.5 Å². The zero-order valence-corrected chi connectivity index (χ0v) is 18.6. The normalized spacial score (nSPS) is 11.5. The van der Waals surface area contributed by atoms with E-state index in [-0.39, 0.29) is 23.1 Å². The number of primary amides is 2. The maximum absolute atomic E-state index is 14.1. The van der Waals surface area contributed by atoms with E-state index in [1.807, 2.05) is 6.07 Å². The Labute approximate surface area is 198 Å². The number of halogens is 4. The van der Waals surface area contributed by atoms with Crippen molar-refractivity contribution in [2.24, 2.45) is 11.5 Å². The van der Waals surface area contributed by atoms with Gasteiger partial charge in [-0.3, -0.25) is 14.3 Å². The predicted octanol–water partition coefficient (Wildman–Crippen LogP) is 3.74. The molecule has 0 bridgehead atoms. The summed E-state index contributed by atoms with van der Waals surface area (Å²) in [4.78, 5) is 29.6. The van der Waals surface area contributed by atoms with Crippen LogP contribution in [0.25, 0.3) is 22.0 Å². The van der Waals surface area contributed by atoms with Gasteiger partial charge in [0.05, 0.1) is 17.6 Å². The van der Waals surface area contributed by atoms with E-state index in [0.717, 1.165) is 34.2 Å². The second-order valence-corrected chi connectivity index (χ2v) is 8.61. The van der Waals surface area contributed by atoms with Crippen molar-refractivity contribution < 1.29 is 27.2 Å². The number of benzene rings is 1. The maximum Gasteiger partial charge on any atom is 0.435 e. The first-order valence-electron chi connectivity index (χ1n) is 9.79. The fourth-order valence-electron chi connectivity index (χ4n) is 3.78. The average molecular weight is 502 g/mol. The molecule has 0 aliphatic carbocycles. The lowest BCUT2D eigenvalue weighted by Gasteiger charge is -2.16.